The van der Waals surface area contributed by atoms with E-state index in [4.69, 9.17) is 11.6 Å². The predicted molar refractivity (Wildman–Crippen MR) is 83.0 cm³/mol. The van der Waals surface area contributed by atoms with E-state index >= 15 is 0 Å². The van der Waals surface area contributed by atoms with E-state index in [1.54, 1.807) is 17.8 Å². The van der Waals surface area contributed by atoms with Gasteiger partial charge in [-0.3, -0.25) is 0 Å². The van der Waals surface area contributed by atoms with Crippen LogP contribution in [-0.4, -0.2) is 17.0 Å². The van der Waals surface area contributed by atoms with Crippen LogP contribution in [0.15, 0.2) is 47.4 Å². The Bertz CT molecular complexity index is 571. The van der Waals surface area contributed by atoms with Gasteiger partial charge in [0.25, 0.3) is 0 Å². The third kappa shape index (κ3) is 4.51. The second-order valence-electron chi connectivity index (χ2n) is 4.73. The standard InChI is InChI=1S/C16H16ClFOS/c1-11-2-5-14(6-3-11)20-10-13(19)8-12-4-7-15(17)16(18)9-12/h2-7,9,13,19H,8,10H2,1H3. The highest BCUT2D eigenvalue weighted by atomic mass is 35.5. The molecule has 1 N–H and O–H groups in total. The summed E-state index contributed by atoms with van der Waals surface area (Å²) in [5.74, 6) is 0.135. The molecule has 0 heterocycles. The Kier molecular flexibility index (Phi) is 5.46. The number of aliphatic hydroxyl groups is 1. The fraction of sp³-hybridized carbons (Fsp3) is 0.250. The molecule has 0 aromatic heterocycles. The molecule has 4 heteroatoms. The van der Waals surface area contributed by atoms with Gasteiger partial charge in [-0.15, -0.1) is 11.8 Å². The van der Waals surface area contributed by atoms with Crippen molar-refractivity contribution in [1.29, 1.82) is 0 Å². The third-order valence-corrected chi connectivity index (χ3v) is 4.38. The van der Waals surface area contributed by atoms with Crippen molar-refractivity contribution >= 4 is 23.4 Å². The predicted octanol–water partition coefficient (Wildman–Crippen LogP) is 4.48. The number of hydrogen-bond acceptors (Lipinski definition) is 2. The van der Waals surface area contributed by atoms with Crippen LogP contribution in [0.5, 0.6) is 0 Å². The molecule has 0 fully saturated rings. The van der Waals surface area contributed by atoms with Gasteiger partial charge in [0.15, 0.2) is 0 Å². The van der Waals surface area contributed by atoms with E-state index in [-0.39, 0.29) is 5.02 Å². The first kappa shape index (κ1) is 15.4. The number of rotatable bonds is 5. The number of aryl methyl sites for hydroxylation is 1. The number of hydrogen-bond donors (Lipinski definition) is 1. The monoisotopic (exact) mass is 310 g/mol. The molecule has 0 radical (unpaired) electrons. The maximum atomic E-state index is 13.3. The minimum absolute atomic E-state index is 0.109. The molecule has 2 aromatic rings. The smallest absolute Gasteiger partial charge is 0.142 e. The first-order valence-corrected chi connectivity index (χ1v) is 7.72. The number of aliphatic hydroxyl groups excluding tert-OH is 1. The molecule has 0 saturated carbocycles. The molecule has 0 spiro atoms. The van der Waals surface area contributed by atoms with E-state index < -0.39 is 11.9 Å². The number of halogens is 2. The van der Waals surface area contributed by atoms with Crippen LogP contribution in [0.4, 0.5) is 4.39 Å². The van der Waals surface area contributed by atoms with Crippen LogP contribution in [0.2, 0.25) is 5.02 Å². The third-order valence-electron chi connectivity index (χ3n) is 2.92. The van der Waals surface area contributed by atoms with Gasteiger partial charge in [-0.25, -0.2) is 4.39 Å². The van der Waals surface area contributed by atoms with Crippen LogP contribution >= 0.6 is 23.4 Å². The molecule has 0 aliphatic rings. The van der Waals surface area contributed by atoms with Crippen molar-refractivity contribution in [2.45, 2.75) is 24.3 Å². The summed E-state index contributed by atoms with van der Waals surface area (Å²) in [6.07, 6.45) is -0.0886. The van der Waals surface area contributed by atoms with Crippen molar-refractivity contribution < 1.29 is 9.50 Å². The zero-order valence-corrected chi connectivity index (χ0v) is 12.7. The lowest BCUT2D eigenvalue weighted by molar-refractivity contribution is 0.200. The second-order valence-corrected chi connectivity index (χ2v) is 6.23. The summed E-state index contributed by atoms with van der Waals surface area (Å²) in [5, 5.41) is 10.1. The molecule has 2 rings (SSSR count). The topological polar surface area (TPSA) is 20.2 Å². The van der Waals surface area contributed by atoms with Gasteiger partial charge in [-0.2, -0.15) is 0 Å². The quantitative estimate of drug-likeness (QED) is 0.822. The molecule has 1 nitrogen and oxygen atoms in total. The molecule has 106 valence electrons. The fourth-order valence-corrected chi connectivity index (χ4v) is 2.77. The Morgan fingerprint density at radius 2 is 1.90 bits per heavy atom. The van der Waals surface area contributed by atoms with Gasteiger partial charge in [0.2, 0.25) is 0 Å². The van der Waals surface area contributed by atoms with Gasteiger partial charge >= 0.3 is 0 Å². The second kappa shape index (κ2) is 7.11. The van der Waals surface area contributed by atoms with Crippen LogP contribution < -0.4 is 0 Å². The van der Waals surface area contributed by atoms with Gasteiger partial charge < -0.3 is 5.11 Å². The average molecular weight is 311 g/mol. The highest BCUT2D eigenvalue weighted by Gasteiger charge is 2.08. The molecule has 1 unspecified atom stereocenters. The van der Waals surface area contributed by atoms with Crippen molar-refractivity contribution in [3.8, 4) is 0 Å². The van der Waals surface area contributed by atoms with Crippen LogP contribution in [0.25, 0.3) is 0 Å². The maximum Gasteiger partial charge on any atom is 0.142 e. The Morgan fingerprint density at radius 1 is 1.20 bits per heavy atom. The van der Waals surface area contributed by atoms with Gasteiger partial charge in [0.05, 0.1) is 11.1 Å². The molecule has 0 amide bonds. The molecule has 0 bridgehead atoms. The Morgan fingerprint density at radius 3 is 2.55 bits per heavy atom. The van der Waals surface area contributed by atoms with E-state index in [9.17, 15) is 9.50 Å². The van der Waals surface area contributed by atoms with Gasteiger partial charge in [-0.1, -0.05) is 35.4 Å². The Labute approximate surface area is 127 Å². The molecule has 0 saturated heterocycles. The van der Waals surface area contributed by atoms with Crippen molar-refractivity contribution in [2.75, 3.05) is 5.75 Å². The lowest BCUT2D eigenvalue weighted by Crippen LogP contribution is -2.13. The molecule has 2 aromatic carbocycles. The van der Waals surface area contributed by atoms with Gasteiger partial charge in [0, 0.05) is 10.6 Å². The van der Waals surface area contributed by atoms with Gasteiger partial charge in [0.1, 0.15) is 5.82 Å². The average Bonchev–Trinajstić information content (AvgIpc) is 2.42. The first-order valence-electron chi connectivity index (χ1n) is 6.36. The largest absolute Gasteiger partial charge is 0.392 e. The SMILES string of the molecule is Cc1ccc(SCC(O)Cc2ccc(Cl)c(F)c2)cc1. The summed E-state index contributed by atoms with van der Waals surface area (Å²) in [7, 11) is 0. The molecular weight excluding hydrogens is 295 g/mol. The number of thioether (sulfide) groups is 1. The lowest BCUT2D eigenvalue weighted by atomic mass is 10.1. The normalized spacial score (nSPS) is 12.4. The van der Waals surface area contributed by atoms with E-state index in [1.807, 2.05) is 31.2 Å². The summed E-state index contributed by atoms with van der Waals surface area (Å²) in [4.78, 5) is 1.12. The molecule has 1 atom stereocenters. The molecule has 20 heavy (non-hydrogen) atoms. The van der Waals surface area contributed by atoms with Crippen molar-refractivity contribution in [3.05, 3.63) is 64.4 Å². The van der Waals surface area contributed by atoms with Crippen molar-refractivity contribution in [1.82, 2.24) is 0 Å². The summed E-state index contributed by atoms with van der Waals surface area (Å²) < 4.78 is 13.3. The highest BCUT2D eigenvalue weighted by Crippen LogP contribution is 2.21. The Hall–Kier alpha value is -1.03. The van der Waals surface area contributed by atoms with E-state index in [0.29, 0.717) is 12.2 Å². The zero-order chi connectivity index (χ0) is 14.5. The van der Waals surface area contributed by atoms with Crippen LogP contribution in [0.3, 0.4) is 0 Å². The van der Waals surface area contributed by atoms with E-state index in [1.165, 1.54) is 17.7 Å². The number of benzene rings is 2. The van der Waals surface area contributed by atoms with Crippen molar-refractivity contribution in [3.63, 3.8) is 0 Å². The summed E-state index contributed by atoms with van der Waals surface area (Å²) in [5.41, 5.74) is 1.97. The molecular formula is C16H16ClFOS. The summed E-state index contributed by atoms with van der Waals surface area (Å²) in [6.45, 7) is 2.04. The van der Waals surface area contributed by atoms with Crippen molar-refractivity contribution in [2.24, 2.45) is 0 Å². The molecule has 0 aliphatic heterocycles. The minimum Gasteiger partial charge on any atom is -0.392 e. The minimum atomic E-state index is -0.512. The summed E-state index contributed by atoms with van der Waals surface area (Å²) >= 11 is 7.22. The zero-order valence-electron chi connectivity index (χ0n) is 11.1. The van der Waals surface area contributed by atoms with Crippen LogP contribution in [-0.2, 0) is 6.42 Å². The van der Waals surface area contributed by atoms with Gasteiger partial charge in [-0.05, 0) is 43.2 Å². The Balaban J connectivity index is 1.87. The lowest BCUT2D eigenvalue weighted by Gasteiger charge is -2.11. The van der Waals surface area contributed by atoms with E-state index in [0.717, 1.165) is 10.5 Å². The van der Waals surface area contributed by atoms with Crippen LogP contribution in [0, 0.1) is 12.7 Å². The van der Waals surface area contributed by atoms with Crippen LogP contribution in [0.1, 0.15) is 11.1 Å². The van der Waals surface area contributed by atoms with E-state index in [2.05, 4.69) is 0 Å². The summed E-state index contributed by atoms with van der Waals surface area (Å²) in [6, 6.07) is 12.8. The highest BCUT2D eigenvalue weighted by molar-refractivity contribution is 7.99. The maximum absolute atomic E-state index is 13.3. The fourth-order valence-electron chi connectivity index (χ4n) is 1.82. The molecule has 0 aliphatic carbocycles. The first-order chi connectivity index (χ1) is 9.54.